The molecule has 0 radical (unpaired) electrons. The van der Waals surface area contributed by atoms with E-state index in [0.717, 1.165) is 35.2 Å². The minimum absolute atomic E-state index is 0.111. The smallest absolute Gasteiger partial charge is 0.271 e. The van der Waals surface area contributed by atoms with Crippen LogP contribution < -0.4 is 5.56 Å². The lowest BCUT2D eigenvalue weighted by atomic mass is 10.0. The molecule has 2 aromatic rings. The Morgan fingerprint density at radius 1 is 1.41 bits per heavy atom. The van der Waals surface area contributed by atoms with Crippen LogP contribution in [0.4, 0.5) is 0 Å². The summed E-state index contributed by atoms with van der Waals surface area (Å²) < 4.78 is 2.55. The van der Waals surface area contributed by atoms with Crippen LogP contribution in [0.2, 0.25) is 0 Å². The molecule has 2 rings (SSSR count). The third-order valence-electron chi connectivity index (χ3n) is 3.33. The SMILES string of the molecule is CCC(CC)Cn1cnc2c(C)csc2c1=O. The van der Waals surface area contributed by atoms with Crippen molar-refractivity contribution in [1.82, 2.24) is 9.55 Å². The minimum atomic E-state index is 0.111. The molecule has 0 amide bonds. The van der Waals surface area contributed by atoms with Crippen LogP contribution in [-0.2, 0) is 6.54 Å². The van der Waals surface area contributed by atoms with Gasteiger partial charge in [0.05, 0.1) is 11.8 Å². The van der Waals surface area contributed by atoms with Gasteiger partial charge in [0.25, 0.3) is 5.56 Å². The zero-order valence-electron chi connectivity index (χ0n) is 10.6. The van der Waals surface area contributed by atoms with Crippen molar-refractivity contribution in [3.05, 3.63) is 27.6 Å². The molecule has 0 aliphatic heterocycles. The highest BCUT2D eigenvalue weighted by molar-refractivity contribution is 7.17. The van der Waals surface area contributed by atoms with Gasteiger partial charge in [0.2, 0.25) is 0 Å². The van der Waals surface area contributed by atoms with E-state index in [2.05, 4.69) is 18.8 Å². The Labute approximate surface area is 105 Å². The summed E-state index contributed by atoms with van der Waals surface area (Å²) in [4.78, 5) is 16.6. The minimum Gasteiger partial charge on any atom is -0.298 e. The molecule has 0 atom stereocenters. The quantitative estimate of drug-likeness (QED) is 0.835. The first-order chi connectivity index (χ1) is 8.17. The Kier molecular flexibility index (Phi) is 3.62. The Morgan fingerprint density at radius 3 is 2.76 bits per heavy atom. The predicted molar refractivity (Wildman–Crippen MR) is 72.7 cm³/mol. The molecule has 0 saturated heterocycles. The highest BCUT2D eigenvalue weighted by atomic mass is 32.1. The van der Waals surface area contributed by atoms with Gasteiger partial charge in [-0.25, -0.2) is 4.98 Å². The first-order valence-electron chi connectivity index (χ1n) is 6.10. The molecule has 0 fully saturated rings. The maximum Gasteiger partial charge on any atom is 0.271 e. The highest BCUT2D eigenvalue weighted by Crippen LogP contribution is 2.19. The molecule has 2 heterocycles. The standard InChI is InChI=1S/C13H18N2OS/c1-4-10(5-2)6-15-8-14-11-9(3)7-17-12(11)13(15)16/h7-8,10H,4-6H2,1-3H3. The van der Waals surface area contributed by atoms with Crippen LogP contribution in [-0.4, -0.2) is 9.55 Å². The normalized spacial score (nSPS) is 11.5. The van der Waals surface area contributed by atoms with Crippen LogP contribution >= 0.6 is 11.3 Å². The summed E-state index contributed by atoms with van der Waals surface area (Å²) in [5.74, 6) is 0.563. The van der Waals surface area contributed by atoms with Gasteiger partial charge in [-0.3, -0.25) is 9.36 Å². The fourth-order valence-electron chi connectivity index (χ4n) is 2.02. The van der Waals surface area contributed by atoms with E-state index in [1.165, 1.54) is 11.3 Å². The second-order valence-corrected chi connectivity index (χ2v) is 5.36. The topological polar surface area (TPSA) is 34.9 Å². The molecule has 0 bridgehead atoms. The molecule has 3 nitrogen and oxygen atoms in total. The zero-order chi connectivity index (χ0) is 12.4. The molecule has 0 saturated carbocycles. The van der Waals surface area contributed by atoms with Gasteiger partial charge >= 0.3 is 0 Å². The average Bonchev–Trinajstić information content (AvgIpc) is 2.71. The van der Waals surface area contributed by atoms with E-state index in [0.29, 0.717) is 5.92 Å². The van der Waals surface area contributed by atoms with Crippen molar-refractivity contribution in [2.45, 2.75) is 40.2 Å². The Morgan fingerprint density at radius 2 is 2.12 bits per heavy atom. The molecule has 0 N–H and O–H groups in total. The van der Waals surface area contributed by atoms with Crippen LogP contribution in [0, 0.1) is 12.8 Å². The molecular formula is C13H18N2OS. The summed E-state index contributed by atoms with van der Waals surface area (Å²) >= 11 is 1.50. The highest BCUT2D eigenvalue weighted by Gasteiger charge is 2.11. The summed E-state index contributed by atoms with van der Waals surface area (Å²) in [6.45, 7) is 7.11. The van der Waals surface area contributed by atoms with E-state index in [4.69, 9.17) is 0 Å². The molecule has 0 aliphatic rings. The first-order valence-corrected chi connectivity index (χ1v) is 6.98. The Balaban J connectivity index is 2.43. The van der Waals surface area contributed by atoms with Crippen molar-refractivity contribution in [2.24, 2.45) is 5.92 Å². The zero-order valence-corrected chi connectivity index (χ0v) is 11.4. The number of aryl methyl sites for hydroxylation is 1. The second-order valence-electron chi connectivity index (χ2n) is 4.48. The Hall–Kier alpha value is -1.16. The number of hydrogen-bond acceptors (Lipinski definition) is 3. The summed E-state index contributed by atoms with van der Waals surface area (Å²) in [7, 11) is 0. The molecule has 2 aromatic heterocycles. The van der Waals surface area contributed by atoms with Crippen molar-refractivity contribution in [3.8, 4) is 0 Å². The molecule has 0 spiro atoms. The average molecular weight is 250 g/mol. The maximum atomic E-state index is 12.2. The van der Waals surface area contributed by atoms with E-state index < -0.39 is 0 Å². The van der Waals surface area contributed by atoms with Gasteiger partial charge in [0.1, 0.15) is 4.70 Å². The van der Waals surface area contributed by atoms with Gasteiger partial charge in [-0.15, -0.1) is 11.3 Å². The van der Waals surface area contributed by atoms with E-state index >= 15 is 0 Å². The van der Waals surface area contributed by atoms with Crippen molar-refractivity contribution >= 4 is 21.6 Å². The van der Waals surface area contributed by atoms with E-state index in [1.54, 1.807) is 10.9 Å². The molecular weight excluding hydrogens is 232 g/mol. The molecule has 0 unspecified atom stereocenters. The van der Waals surface area contributed by atoms with Gasteiger partial charge in [0, 0.05) is 6.54 Å². The summed E-state index contributed by atoms with van der Waals surface area (Å²) in [5.41, 5.74) is 2.07. The molecule has 0 aromatic carbocycles. The van der Waals surface area contributed by atoms with Crippen molar-refractivity contribution in [2.75, 3.05) is 0 Å². The number of thiophene rings is 1. The van der Waals surface area contributed by atoms with Gasteiger partial charge in [-0.05, 0) is 23.8 Å². The summed E-state index contributed by atoms with van der Waals surface area (Å²) in [6.07, 6.45) is 3.90. The third kappa shape index (κ3) is 2.27. The van der Waals surface area contributed by atoms with Gasteiger partial charge in [0.15, 0.2) is 0 Å². The van der Waals surface area contributed by atoms with Crippen molar-refractivity contribution < 1.29 is 0 Å². The first kappa shape index (κ1) is 12.3. The Bertz CT molecular complexity index is 566. The fraction of sp³-hybridized carbons (Fsp3) is 0.538. The predicted octanol–water partition coefficient (Wildman–Crippen LogP) is 3.20. The number of hydrogen-bond donors (Lipinski definition) is 0. The largest absolute Gasteiger partial charge is 0.298 e. The van der Waals surface area contributed by atoms with E-state index in [1.807, 2.05) is 12.3 Å². The van der Waals surface area contributed by atoms with E-state index in [9.17, 15) is 4.79 Å². The van der Waals surface area contributed by atoms with Crippen LogP contribution in [0.3, 0.4) is 0 Å². The summed E-state index contributed by atoms with van der Waals surface area (Å²) in [5, 5.41) is 2.00. The summed E-state index contributed by atoms with van der Waals surface area (Å²) in [6, 6.07) is 0. The number of rotatable bonds is 4. The monoisotopic (exact) mass is 250 g/mol. The van der Waals surface area contributed by atoms with Crippen molar-refractivity contribution in [3.63, 3.8) is 0 Å². The van der Waals surface area contributed by atoms with Gasteiger partial charge in [-0.2, -0.15) is 0 Å². The van der Waals surface area contributed by atoms with Gasteiger partial charge < -0.3 is 0 Å². The lowest BCUT2D eigenvalue weighted by Crippen LogP contribution is -2.23. The lowest BCUT2D eigenvalue weighted by molar-refractivity contribution is 0.411. The van der Waals surface area contributed by atoms with Crippen LogP contribution in [0.25, 0.3) is 10.2 Å². The molecule has 0 aliphatic carbocycles. The van der Waals surface area contributed by atoms with Crippen LogP contribution in [0.5, 0.6) is 0 Å². The fourth-order valence-corrected chi connectivity index (χ4v) is 2.97. The molecule has 17 heavy (non-hydrogen) atoms. The van der Waals surface area contributed by atoms with Crippen LogP contribution in [0.1, 0.15) is 32.3 Å². The number of fused-ring (bicyclic) bond motifs is 1. The number of aromatic nitrogens is 2. The second kappa shape index (κ2) is 5.00. The van der Waals surface area contributed by atoms with Crippen LogP contribution in [0.15, 0.2) is 16.5 Å². The lowest BCUT2D eigenvalue weighted by Gasteiger charge is -2.13. The van der Waals surface area contributed by atoms with Crippen molar-refractivity contribution in [1.29, 1.82) is 0 Å². The molecule has 92 valence electrons. The molecule has 4 heteroatoms. The number of nitrogens with zero attached hydrogens (tertiary/aromatic N) is 2. The van der Waals surface area contributed by atoms with E-state index in [-0.39, 0.29) is 5.56 Å². The third-order valence-corrected chi connectivity index (χ3v) is 4.41. The van der Waals surface area contributed by atoms with Gasteiger partial charge in [-0.1, -0.05) is 26.7 Å². The maximum absolute atomic E-state index is 12.2.